The fourth-order valence-corrected chi connectivity index (χ4v) is 2.42. The minimum atomic E-state index is -0.622. The van der Waals surface area contributed by atoms with Gasteiger partial charge >= 0.3 is 0 Å². The second kappa shape index (κ2) is 4.57. The Hall–Kier alpha value is -2.04. The first-order chi connectivity index (χ1) is 9.13. The normalized spacial score (nSPS) is 13.6. The van der Waals surface area contributed by atoms with Gasteiger partial charge in [-0.15, -0.1) is 0 Å². The average Bonchev–Trinajstić information content (AvgIpc) is 2.81. The number of nitrogens with zero attached hydrogens (tertiary/aromatic N) is 1. The Bertz CT molecular complexity index is 694. The molecule has 0 saturated carbocycles. The highest BCUT2D eigenvalue weighted by atomic mass is 19.1. The molecule has 1 aliphatic rings. The van der Waals surface area contributed by atoms with E-state index in [0.29, 0.717) is 11.4 Å². The summed E-state index contributed by atoms with van der Waals surface area (Å²) >= 11 is 0. The predicted molar refractivity (Wildman–Crippen MR) is 66.0 cm³/mol. The van der Waals surface area contributed by atoms with E-state index in [4.69, 9.17) is 0 Å². The summed E-state index contributed by atoms with van der Waals surface area (Å²) in [5.41, 5.74) is 1.73. The summed E-state index contributed by atoms with van der Waals surface area (Å²) < 4.78 is 26.4. The van der Waals surface area contributed by atoms with Crippen LogP contribution in [0.5, 0.6) is 0 Å². The number of nitrogens with one attached hydrogen (secondary N) is 1. The SMILES string of the molecule is O=c1[nH]c(Cc2ccc(F)cc2F)nc2c1CCC2. The van der Waals surface area contributed by atoms with Crippen LogP contribution in [0.15, 0.2) is 23.0 Å². The summed E-state index contributed by atoms with van der Waals surface area (Å²) in [5.74, 6) is -0.809. The first kappa shape index (κ1) is 12.0. The van der Waals surface area contributed by atoms with Crippen molar-refractivity contribution in [3.05, 3.63) is 62.8 Å². The minimum Gasteiger partial charge on any atom is -0.310 e. The molecule has 0 radical (unpaired) electrons. The van der Waals surface area contributed by atoms with Gasteiger partial charge in [-0.25, -0.2) is 13.8 Å². The van der Waals surface area contributed by atoms with E-state index in [-0.39, 0.29) is 12.0 Å². The molecule has 0 fully saturated rings. The first-order valence-electron chi connectivity index (χ1n) is 6.18. The Labute approximate surface area is 108 Å². The van der Waals surface area contributed by atoms with Crippen molar-refractivity contribution in [1.29, 1.82) is 0 Å². The number of aromatic nitrogens is 2. The summed E-state index contributed by atoms with van der Waals surface area (Å²) in [5, 5.41) is 0. The lowest BCUT2D eigenvalue weighted by atomic mass is 10.1. The van der Waals surface area contributed by atoms with Crippen LogP contribution in [0.3, 0.4) is 0 Å². The van der Waals surface area contributed by atoms with E-state index in [1.54, 1.807) is 0 Å². The van der Waals surface area contributed by atoms with Gasteiger partial charge in [0.1, 0.15) is 17.5 Å². The molecule has 0 atom stereocenters. The van der Waals surface area contributed by atoms with Crippen molar-refractivity contribution < 1.29 is 8.78 Å². The number of hydrogen-bond donors (Lipinski definition) is 1. The van der Waals surface area contributed by atoms with Crippen LogP contribution in [0.1, 0.15) is 29.1 Å². The number of hydrogen-bond acceptors (Lipinski definition) is 2. The molecule has 1 aliphatic carbocycles. The van der Waals surface area contributed by atoms with Crippen molar-refractivity contribution in [2.45, 2.75) is 25.7 Å². The molecular formula is C14H12F2N2O. The molecule has 1 N–H and O–H groups in total. The maximum Gasteiger partial charge on any atom is 0.254 e. The van der Waals surface area contributed by atoms with Gasteiger partial charge in [0, 0.05) is 18.1 Å². The van der Waals surface area contributed by atoms with Gasteiger partial charge in [0.05, 0.1) is 5.69 Å². The quantitative estimate of drug-likeness (QED) is 0.901. The van der Waals surface area contributed by atoms with E-state index in [2.05, 4.69) is 9.97 Å². The Morgan fingerprint density at radius 3 is 2.89 bits per heavy atom. The van der Waals surface area contributed by atoms with Crippen LogP contribution < -0.4 is 5.56 Å². The van der Waals surface area contributed by atoms with Crippen LogP contribution in [-0.2, 0) is 19.3 Å². The zero-order valence-electron chi connectivity index (χ0n) is 10.2. The van der Waals surface area contributed by atoms with Crippen molar-refractivity contribution in [3.8, 4) is 0 Å². The highest BCUT2D eigenvalue weighted by molar-refractivity contribution is 5.26. The van der Waals surface area contributed by atoms with E-state index in [0.717, 1.165) is 36.6 Å². The van der Waals surface area contributed by atoms with E-state index in [1.165, 1.54) is 12.1 Å². The summed E-state index contributed by atoms with van der Waals surface area (Å²) in [7, 11) is 0. The maximum atomic E-state index is 13.6. The lowest BCUT2D eigenvalue weighted by Crippen LogP contribution is -2.17. The molecule has 0 bridgehead atoms. The molecule has 0 amide bonds. The molecule has 19 heavy (non-hydrogen) atoms. The van der Waals surface area contributed by atoms with Gasteiger partial charge in [-0.1, -0.05) is 6.07 Å². The number of halogens is 2. The fourth-order valence-electron chi connectivity index (χ4n) is 2.42. The Kier molecular flexibility index (Phi) is 2.89. The van der Waals surface area contributed by atoms with Crippen molar-refractivity contribution in [3.63, 3.8) is 0 Å². The number of fused-ring (bicyclic) bond motifs is 1. The lowest BCUT2D eigenvalue weighted by Gasteiger charge is -2.05. The average molecular weight is 262 g/mol. The Morgan fingerprint density at radius 2 is 2.11 bits per heavy atom. The zero-order valence-corrected chi connectivity index (χ0v) is 10.2. The molecule has 0 saturated heterocycles. The molecule has 1 heterocycles. The third-order valence-electron chi connectivity index (χ3n) is 3.36. The summed E-state index contributed by atoms with van der Waals surface area (Å²) in [6, 6.07) is 3.41. The molecule has 3 nitrogen and oxygen atoms in total. The molecule has 0 unspecified atom stereocenters. The molecule has 98 valence electrons. The second-order valence-electron chi connectivity index (χ2n) is 4.70. The van der Waals surface area contributed by atoms with Crippen LogP contribution in [0.4, 0.5) is 8.78 Å². The van der Waals surface area contributed by atoms with E-state index >= 15 is 0 Å². The Morgan fingerprint density at radius 1 is 1.26 bits per heavy atom. The monoisotopic (exact) mass is 262 g/mol. The van der Waals surface area contributed by atoms with Gasteiger partial charge in [-0.3, -0.25) is 4.79 Å². The summed E-state index contributed by atoms with van der Waals surface area (Å²) in [4.78, 5) is 18.8. The molecule has 1 aromatic carbocycles. The minimum absolute atomic E-state index is 0.139. The smallest absolute Gasteiger partial charge is 0.254 e. The van der Waals surface area contributed by atoms with Crippen molar-refractivity contribution >= 4 is 0 Å². The summed E-state index contributed by atoms with van der Waals surface area (Å²) in [6.45, 7) is 0. The number of aryl methyl sites for hydroxylation is 1. The molecule has 1 aromatic heterocycles. The molecule has 0 spiro atoms. The number of H-pyrrole nitrogens is 1. The molecular weight excluding hydrogens is 250 g/mol. The number of aromatic amines is 1. The van der Waals surface area contributed by atoms with E-state index < -0.39 is 11.6 Å². The molecule has 0 aliphatic heterocycles. The highest BCUT2D eigenvalue weighted by Crippen LogP contribution is 2.17. The molecule has 5 heteroatoms. The van der Waals surface area contributed by atoms with Crippen LogP contribution in [0.25, 0.3) is 0 Å². The van der Waals surface area contributed by atoms with Gasteiger partial charge in [0.2, 0.25) is 0 Å². The zero-order chi connectivity index (χ0) is 13.4. The first-order valence-corrected chi connectivity index (χ1v) is 6.18. The summed E-state index contributed by atoms with van der Waals surface area (Å²) in [6.07, 6.45) is 2.63. The van der Waals surface area contributed by atoms with Crippen LogP contribution in [0, 0.1) is 11.6 Å². The van der Waals surface area contributed by atoms with E-state index in [9.17, 15) is 13.6 Å². The lowest BCUT2D eigenvalue weighted by molar-refractivity contribution is 0.573. The van der Waals surface area contributed by atoms with Crippen LogP contribution in [0.2, 0.25) is 0 Å². The highest BCUT2D eigenvalue weighted by Gasteiger charge is 2.17. The van der Waals surface area contributed by atoms with Crippen LogP contribution in [-0.4, -0.2) is 9.97 Å². The second-order valence-corrected chi connectivity index (χ2v) is 4.70. The van der Waals surface area contributed by atoms with Gasteiger partial charge in [-0.05, 0) is 30.9 Å². The van der Waals surface area contributed by atoms with E-state index in [1.807, 2.05) is 0 Å². The van der Waals surface area contributed by atoms with Crippen LogP contribution >= 0.6 is 0 Å². The Balaban J connectivity index is 1.96. The van der Waals surface area contributed by atoms with Crippen molar-refractivity contribution in [2.24, 2.45) is 0 Å². The van der Waals surface area contributed by atoms with Crippen molar-refractivity contribution in [2.75, 3.05) is 0 Å². The topological polar surface area (TPSA) is 45.8 Å². The third kappa shape index (κ3) is 2.28. The third-order valence-corrected chi connectivity index (χ3v) is 3.36. The fraction of sp³-hybridized carbons (Fsp3) is 0.286. The standard InChI is InChI=1S/C14H12F2N2O/c15-9-5-4-8(11(16)7-9)6-13-17-12-3-1-2-10(12)14(19)18-13/h4-5,7H,1-3,6H2,(H,17,18,19). The van der Waals surface area contributed by atoms with Crippen molar-refractivity contribution in [1.82, 2.24) is 9.97 Å². The molecule has 2 aromatic rings. The number of benzene rings is 1. The largest absolute Gasteiger partial charge is 0.310 e. The maximum absolute atomic E-state index is 13.6. The van der Waals surface area contributed by atoms with Gasteiger partial charge < -0.3 is 4.98 Å². The number of rotatable bonds is 2. The van der Waals surface area contributed by atoms with Gasteiger partial charge in [0.25, 0.3) is 5.56 Å². The van der Waals surface area contributed by atoms with Gasteiger partial charge in [-0.2, -0.15) is 0 Å². The van der Waals surface area contributed by atoms with Gasteiger partial charge in [0.15, 0.2) is 0 Å². The predicted octanol–water partition coefficient (Wildman–Crippen LogP) is 2.13. The molecule has 3 rings (SSSR count).